The van der Waals surface area contributed by atoms with E-state index in [0.717, 1.165) is 16.9 Å². The summed E-state index contributed by atoms with van der Waals surface area (Å²) in [4.78, 5) is 7.62. The third-order valence-electron chi connectivity index (χ3n) is 2.51. The number of nitrogens with one attached hydrogen (secondary N) is 1. The maximum absolute atomic E-state index is 9.07. The molecular formula is C12H13N3. The molecule has 1 aromatic carbocycles. The highest BCUT2D eigenvalue weighted by Crippen LogP contribution is 2.23. The predicted octanol–water partition coefficient (Wildman–Crippen LogP) is 2.83. The van der Waals surface area contributed by atoms with E-state index in [1.807, 2.05) is 38.1 Å². The number of aromatic amines is 1. The van der Waals surface area contributed by atoms with Crippen molar-refractivity contribution in [2.45, 2.75) is 19.8 Å². The number of hydrogen-bond acceptors (Lipinski definition) is 2. The summed E-state index contributed by atoms with van der Waals surface area (Å²) in [5.41, 5.74) is 1.92. The van der Waals surface area contributed by atoms with Crippen LogP contribution in [0.2, 0.25) is 0 Å². The molecule has 1 unspecified atom stereocenters. The number of H-pyrrole nitrogens is 1. The van der Waals surface area contributed by atoms with Crippen molar-refractivity contribution in [3.63, 3.8) is 0 Å². The van der Waals surface area contributed by atoms with Gasteiger partial charge in [-0.15, -0.1) is 0 Å². The van der Waals surface area contributed by atoms with Crippen molar-refractivity contribution in [1.29, 1.82) is 5.26 Å². The molecule has 0 aliphatic heterocycles. The van der Waals surface area contributed by atoms with E-state index in [-0.39, 0.29) is 11.8 Å². The molecular weight excluding hydrogens is 186 g/mol. The number of nitrogens with zero attached hydrogens (tertiary/aromatic N) is 2. The second kappa shape index (κ2) is 3.74. The summed E-state index contributed by atoms with van der Waals surface area (Å²) in [6.45, 7) is 4.06. The van der Waals surface area contributed by atoms with E-state index in [0.29, 0.717) is 0 Å². The van der Waals surface area contributed by atoms with Gasteiger partial charge in [0.2, 0.25) is 0 Å². The van der Waals surface area contributed by atoms with Gasteiger partial charge in [-0.2, -0.15) is 5.26 Å². The van der Waals surface area contributed by atoms with E-state index in [4.69, 9.17) is 5.26 Å². The van der Waals surface area contributed by atoms with Crippen molar-refractivity contribution >= 4 is 11.0 Å². The van der Waals surface area contributed by atoms with Crippen LogP contribution in [0.1, 0.15) is 25.6 Å². The first-order chi connectivity index (χ1) is 7.22. The van der Waals surface area contributed by atoms with E-state index < -0.39 is 0 Å². The van der Waals surface area contributed by atoms with Crippen LogP contribution in [0.5, 0.6) is 0 Å². The molecule has 2 aromatic rings. The van der Waals surface area contributed by atoms with Gasteiger partial charge in [-0.3, -0.25) is 0 Å². The number of para-hydroxylation sites is 2. The molecule has 0 saturated heterocycles. The molecule has 1 N–H and O–H groups in total. The highest BCUT2D eigenvalue weighted by Gasteiger charge is 2.18. The summed E-state index contributed by atoms with van der Waals surface area (Å²) in [5, 5.41) is 9.07. The molecule has 0 amide bonds. The lowest BCUT2D eigenvalue weighted by molar-refractivity contribution is 0.567. The molecule has 76 valence electrons. The Morgan fingerprint density at radius 2 is 2.07 bits per heavy atom. The van der Waals surface area contributed by atoms with E-state index in [9.17, 15) is 0 Å². The Kier molecular flexibility index (Phi) is 2.42. The van der Waals surface area contributed by atoms with Gasteiger partial charge in [-0.1, -0.05) is 26.0 Å². The topological polar surface area (TPSA) is 52.5 Å². The summed E-state index contributed by atoms with van der Waals surface area (Å²) < 4.78 is 0. The standard InChI is InChI=1S/C12H13N3/c1-8(2)9(7-13)12-14-10-5-3-4-6-11(10)15-12/h3-6,8-9H,1-2H3,(H,14,15). The van der Waals surface area contributed by atoms with Gasteiger partial charge < -0.3 is 4.98 Å². The fourth-order valence-corrected chi connectivity index (χ4v) is 1.65. The van der Waals surface area contributed by atoms with Gasteiger partial charge in [-0.05, 0) is 18.1 Å². The summed E-state index contributed by atoms with van der Waals surface area (Å²) in [6, 6.07) is 10.1. The van der Waals surface area contributed by atoms with Crippen LogP contribution >= 0.6 is 0 Å². The quantitative estimate of drug-likeness (QED) is 0.808. The fraction of sp³-hybridized carbons (Fsp3) is 0.333. The molecule has 1 atom stereocenters. The molecule has 3 nitrogen and oxygen atoms in total. The van der Waals surface area contributed by atoms with Gasteiger partial charge >= 0.3 is 0 Å². The Balaban J connectivity index is 2.49. The van der Waals surface area contributed by atoms with Crippen molar-refractivity contribution < 1.29 is 0 Å². The molecule has 0 aliphatic carbocycles. The maximum Gasteiger partial charge on any atom is 0.124 e. The zero-order valence-electron chi connectivity index (χ0n) is 8.86. The molecule has 3 heteroatoms. The number of benzene rings is 1. The van der Waals surface area contributed by atoms with Crippen LogP contribution in [0.3, 0.4) is 0 Å². The number of rotatable bonds is 2. The average molecular weight is 199 g/mol. The average Bonchev–Trinajstić information content (AvgIpc) is 2.61. The number of nitriles is 1. The van der Waals surface area contributed by atoms with Crippen molar-refractivity contribution in [1.82, 2.24) is 9.97 Å². The zero-order chi connectivity index (χ0) is 10.8. The van der Waals surface area contributed by atoms with Crippen LogP contribution in [0, 0.1) is 17.2 Å². The number of imidazole rings is 1. The van der Waals surface area contributed by atoms with Crippen LogP contribution in [0.4, 0.5) is 0 Å². The first kappa shape index (κ1) is 9.72. The number of hydrogen-bond donors (Lipinski definition) is 1. The Labute approximate surface area is 88.8 Å². The lowest BCUT2D eigenvalue weighted by Gasteiger charge is -2.08. The van der Waals surface area contributed by atoms with Crippen LogP contribution in [-0.4, -0.2) is 9.97 Å². The number of fused-ring (bicyclic) bond motifs is 1. The third-order valence-corrected chi connectivity index (χ3v) is 2.51. The first-order valence-corrected chi connectivity index (χ1v) is 5.06. The minimum Gasteiger partial charge on any atom is -0.341 e. The molecule has 0 bridgehead atoms. The first-order valence-electron chi connectivity index (χ1n) is 5.06. The second-order valence-corrected chi connectivity index (χ2v) is 3.99. The highest BCUT2D eigenvalue weighted by atomic mass is 14.9. The summed E-state index contributed by atoms with van der Waals surface area (Å²) in [6.07, 6.45) is 0. The van der Waals surface area contributed by atoms with Gasteiger partial charge in [0.05, 0.1) is 17.1 Å². The lowest BCUT2D eigenvalue weighted by Crippen LogP contribution is -2.05. The molecule has 0 aliphatic rings. The third kappa shape index (κ3) is 1.71. The Morgan fingerprint density at radius 3 is 2.67 bits per heavy atom. The molecule has 0 saturated carbocycles. The van der Waals surface area contributed by atoms with Crippen LogP contribution < -0.4 is 0 Å². The zero-order valence-corrected chi connectivity index (χ0v) is 8.86. The number of aromatic nitrogens is 2. The minimum absolute atomic E-state index is 0.155. The van der Waals surface area contributed by atoms with Gasteiger partial charge in [-0.25, -0.2) is 4.98 Å². The van der Waals surface area contributed by atoms with Crippen molar-refractivity contribution in [2.24, 2.45) is 5.92 Å². The molecule has 2 rings (SSSR count). The molecule has 0 spiro atoms. The van der Waals surface area contributed by atoms with Crippen LogP contribution in [0.25, 0.3) is 11.0 Å². The Bertz CT molecular complexity index is 472. The van der Waals surface area contributed by atoms with Gasteiger partial charge in [0.25, 0.3) is 0 Å². The van der Waals surface area contributed by atoms with Crippen molar-refractivity contribution in [3.8, 4) is 6.07 Å². The monoisotopic (exact) mass is 199 g/mol. The summed E-state index contributed by atoms with van der Waals surface area (Å²) in [5.74, 6) is 0.890. The normalized spacial score (nSPS) is 12.9. The maximum atomic E-state index is 9.07. The van der Waals surface area contributed by atoms with Gasteiger partial charge in [0, 0.05) is 0 Å². The highest BCUT2D eigenvalue weighted by molar-refractivity contribution is 5.74. The summed E-state index contributed by atoms with van der Waals surface area (Å²) in [7, 11) is 0. The van der Waals surface area contributed by atoms with Crippen molar-refractivity contribution in [2.75, 3.05) is 0 Å². The molecule has 1 aromatic heterocycles. The Morgan fingerprint density at radius 1 is 1.33 bits per heavy atom. The van der Waals surface area contributed by atoms with Gasteiger partial charge in [0.15, 0.2) is 0 Å². The molecule has 0 radical (unpaired) electrons. The lowest BCUT2D eigenvalue weighted by atomic mass is 9.97. The molecule has 1 heterocycles. The minimum atomic E-state index is -0.155. The van der Waals surface area contributed by atoms with E-state index >= 15 is 0 Å². The Hall–Kier alpha value is -1.82. The van der Waals surface area contributed by atoms with E-state index in [2.05, 4.69) is 16.0 Å². The fourth-order valence-electron chi connectivity index (χ4n) is 1.65. The van der Waals surface area contributed by atoms with Crippen molar-refractivity contribution in [3.05, 3.63) is 30.1 Å². The van der Waals surface area contributed by atoms with Crippen LogP contribution in [0.15, 0.2) is 24.3 Å². The van der Waals surface area contributed by atoms with Crippen LogP contribution in [-0.2, 0) is 0 Å². The summed E-state index contributed by atoms with van der Waals surface area (Å²) >= 11 is 0. The van der Waals surface area contributed by atoms with Gasteiger partial charge in [0.1, 0.15) is 11.7 Å². The SMILES string of the molecule is CC(C)C(C#N)c1nc2ccccc2[nH]1. The molecule has 0 fully saturated rings. The smallest absolute Gasteiger partial charge is 0.124 e. The molecule has 15 heavy (non-hydrogen) atoms. The second-order valence-electron chi connectivity index (χ2n) is 3.99. The largest absolute Gasteiger partial charge is 0.341 e. The predicted molar refractivity (Wildman–Crippen MR) is 59.3 cm³/mol. The van der Waals surface area contributed by atoms with E-state index in [1.54, 1.807) is 0 Å². The van der Waals surface area contributed by atoms with E-state index in [1.165, 1.54) is 0 Å².